The van der Waals surface area contributed by atoms with E-state index in [0.717, 1.165) is 6.42 Å². The third kappa shape index (κ3) is 7.65. The van der Waals surface area contributed by atoms with Crippen LogP contribution in [-0.4, -0.2) is 36.9 Å². The lowest BCUT2D eigenvalue weighted by molar-refractivity contribution is -0.122. The van der Waals surface area contributed by atoms with Gasteiger partial charge in [0.1, 0.15) is 0 Å². The molecule has 0 aliphatic heterocycles. The monoisotopic (exact) mass is 231 g/mol. The predicted molar refractivity (Wildman–Crippen MR) is 64.2 cm³/mol. The summed E-state index contributed by atoms with van der Waals surface area (Å²) in [5.41, 5.74) is 0. The number of hydrogen-bond donors (Lipinski definition) is 2. The lowest BCUT2D eigenvalue weighted by atomic mass is 10.0. The van der Waals surface area contributed by atoms with Crippen LogP contribution in [0.2, 0.25) is 0 Å². The normalized spacial score (nSPS) is 12.8. The van der Waals surface area contributed by atoms with Crippen LogP contribution in [0.4, 0.5) is 0 Å². The average Bonchev–Trinajstić information content (AvgIpc) is 2.23. The Hall–Kier alpha value is -0.610. The maximum absolute atomic E-state index is 11.5. The first-order valence-corrected chi connectivity index (χ1v) is 6.09. The minimum Gasteiger partial charge on any atom is -0.396 e. The molecule has 0 fully saturated rings. The van der Waals surface area contributed by atoms with Gasteiger partial charge >= 0.3 is 0 Å². The van der Waals surface area contributed by atoms with Gasteiger partial charge in [0, 0.05) is 32.3 Å². The summed E-state index contributed by atoms with van der Waals surface area (Å²) in [7, 11) is 0. The zero-order chi connectivity index (χ0) is 12.4. The van der Waals surface area contributed by atoms with Crippen LogP contribution in [0.1, 0.15) is 40.0 Å². The molecule has 0 aliphatic carbocycles. The molecule has 0 rings (SSSR count). The Bertz CT molecular complexity index is 183. The second-order valence-corrected chi connectivity index (χ2v) is 4.23. The average molecular weight is 231 g/mol. The van der Waals surface area contributed by atoms with Crippen molar-refractivity contribution in [1.29, 1.82) is 0 Å². The van der Waals surface area contributed by atoms with E-state index < -0.39 is 0 Å². The third-order valence-corrected chi connectivity index (χ3v) is 2.49. The first-order valence-electron chi connectivity index (χ1n) is 6.09. The van der Waals surface area contributed by atoms with Crippen molar-refractivity contribution in [3.05, 3.63) is 0 Å². The van der Waals surface area contributed by atoms with Crippen molar-refractivity contribution in [3.63, 3.8) is 0 Å². The molecule has 0 saturated heterocycles. The van der Waals surface area contributed by atoms with Crippen molar-refractivity contribution in [1.82, 2.24) is 5.32 Å². The van der Waals surface area contributed by atoms with Crippen molar-refractivity contribution in [3.8, 4) is 0 Å². The minimum atomic E-state index is 0.0480. The van der Waals surface area contributed by atoms with Gasteiger partial charge in [-0.15, -0.1) is 0 Å². The van der Waals surface area contributed by atoms with Crippen molar-refractivity contribution in [2.75, 3.05) is 19.8 Å². The Morgan fingerprint density at radius 2 is 2.12 bits per heavy atom. The fraction of sp³-hybridized carbons (Fsp3) is 0.917. The lowest BCUT2D eigenvalue weighted by Gasteiger charge is -2.21. The highest BCUT2D eigenvalue weighted by molar-refractivity contribution is 5.76. The lowest BCUT2D eigenvalue weighted by Crippen LogP contribution is -2.39. The van der Waals surface area contributed by atoms with Crippen LogP contribution in [0.25, 0.3) is 0 Å². The van der Waals surface area contributed by atoms with E-state index >= 15 is 0 Å². The van der Waals surface area contributed by atoms with Gasteiger partial charge in [0.25, 0.3) is 0 Å². The van der Waals surface area contributed by atoms with E-state index in [1.165, 1.54) is 0 Å². The molecule has 4 heteroatoms. The SMILES string of the molecule is CCOCCCC(=O)NC(CCO)C(C)C. The number of nitrogens with one attached hydrogen (secondary N) is 1. The topological polar surface area (TPSA) is 58.6 Å². The first-order chi connectivity index (χ1) is 7.61. The number of carbonyl (C=O) groups excluding carboxylic acids is 1. The molecule has 4 nitrogen and oxygen atoms in total. The zero-order valence-electron chi connectivity index (χ0n) is 10.7. The maximum Gasteiger partial charge on any atom is 0.220 e. The van der Waals surface area contributed by atoms with Gasteiger partial charge in [0.05, 0.1) is 0 Å². The summed E-state index contributed by atoms with van der Waals surface area (Å²) < 4.78 is 5.16. The van der Waals surface area contributed by atoms with E-state index in [0.29, 0.717) is 32.0 Å². The summed E-state index contributed by atoms with van der Waals surface area (Å²) in [4.78, 5) is 11.5. The molecular weight excluding hydrogens is 206 g/mol. The second kappa shape index (κ2) is 9.60. The fourth-order valence-electron chi connectivity index (χ4n) is 1.47. The Morgan fingerprint density at radius 1 is 1.44 bits per heavy atom. The van der Waals surface area contributed by atoms with Crippen molar-refractivity contribution in [2.24, 2.45) is 5.92 Å². The quantitative estimate of drug-likeness (QED) is 0.588. The maximum atomic E-state index is 11.5. The molecule has 0 saturated carbocycles. The molecule has 0 radical (unpaired) electrons. The standard InChI is InChI=1S/C12H25NO3/c1-4-16-9-5-6-12(15)13-11(7-8-14)10(2)3/h10-11,14H,4-9H2,1-3H3,(H,13,15). The highest BCUT2D eigenvalue weighted by atomic mass is 16.5. The minimum absolute atomic E-state index is 0.0480. The Kier molecular flexibility index (Phi) is 9.24. The summed E-state index contributed by atoms with van der Waals surface area (Å²) in [6, 6.07) is 0.0737. The van der Waals surface area contributed by atoms with Crippen LogP contribution in [-0.2, 0) is 9.53 Å². The summed E-state index contributed by atoms with van der Waals surface area (Å²) in [5, 5.41) is 11.8. The summed E-state index contributed by atoms with van der Waals surface area (Å²) in [5.74, 6) is 0.398. The van der Waals surface area contributed by atoms with Crippen LogP contribution in [0.5, 0.6) is 0 Å². The van der Waals surface area contributed by atoms with Gasteiger partial charge in [0.15, 0.2) is 0 Å². The number of amides is 1. The molecule has 1 atom stereocenters. The molecule has 0 aromatic carbocycles. The number of ether oxygens (including phenoxy) is 1. The zero-order valence-corrected chi connectivity index (χ0v) is 10.7. The fourth-order valence-corrected chi connectivity index (χ4v) is 1.47. The smallest absolute Gasteiger partial charge is 0.220 e. The van der Waals surface area contributed by atoms with Gasteiger partial charge in [-0.2, -0.15) is 0 Å². The van der Waals surface area contributed by atoms with E-state index in [1.807, 2.05) is 20.8 Å². The van der Waals surface area contributed by atoms with E-state index in [4.69, 9.17) is 9.84 Å². The molecule has 0 aromatic rings. The number of aliphatic hydroxyl groups is 1. The summed E-state index contributed by atoms with van der Waals surface area (Å²) >= 11 is 0. The molecule has 16 heavy (non-hydrogen) atoms. The van der Waals surface area contributed by atoms with Crippen LogP contribution in [0, 0.1) is 5.92 Å². The second-order valence-electron chi connectivity index (χ2n) is 4.23. The molecule has 1 unspecified atom stereocenters. The first kappa shape index (κ1) is 15.4. The van der Waals surface area contributed by atoms with Crippen LogP contribution in [0.3, 0.4) is 0 Å². The molecule has 0 heterocycles. The van der Waals surface area contributed by atoms with E-state index in [9.17, 15) is 4.79 Å². The predicted octanol–water partition coefficient (Wildman–Crippen LogP) is 1.33. The molecule has 0 aliphatic rings. The Labute approximate surface area is 98.4 Å². The summed E-state index contributed by atoms with van der Waals surface area (Å²) in [6.07, 6.45) is 1.87. The number of hydrogen-bond acceptors (Lipinski definition) is 3. The summed E-state index contributed by atoms with van der Waals surface area (Å²) in [6.45, 7) is 7.47. The largest absolute Gasteiger partial charge is 0.396 e. The van der Waals surface area contributed by atoms with Crippen LogP contribution in [0.15, 0.2) is 0 Å². The van der Waals surface area contributed by atoms with E-state index in [-0.39, 0.29) is 18.6 Å². The van der Waals surface area contributed by atoms with Gasteiger partial charge in [0.2, 0.25) is 5.91 Å². The van der Waals surface area contributed by atoms with Gasteiger partial charge in [-0.25, -0.2) is 0 Å². The van der Waals surface area contributed by atoms with Crippen molar-refractivity contribution >= 4 is 5.91 Å². The molecule has 2 N–H and O–H groups in total. The molecule has 0 aromatic heterocycles. The van der Waals surface area contributed by atoms with E-state index in [2.05, 4.69) is 5.32 Å². The van der Waals surface area contributed by atoms with Crippen LogP contribution < -0.4 is 5.32 Å². The van der Waals surface area contributed by atoms with Gasteiger partial charge < -0.3 is 15.2 Å². The molecule has 0 bridgehead atoms. The Morgan fingerprint density at radius 3 is 2.62 bits per heavy atom. The van der Waals surface area contributed by atoms with Crippen LogP contribution >= 0.6 is 0 Å². The number of carbonyl (C=O) groups is 1. The molecule has 0 spiro atoms. The highest BCUT2D eigenvalue weighted by Crippen LogP contribution is 2.06. The third-order valence-electron chi connectivity index (χ3n) is 2.49. The Balaban J connectivity index is 3.73. The van der Waals surface area contributed by atoms with Gasteiger partial charge in [-0.1, -0.05) is 13.8 Å². The molecular formula is C12H25NO3. The van der Waals surface area contributed by atoms with Crippen molar-refractivity contribution in [2.45, 2.75) is 46.1 Å². The van der Waals surface area contributed by atoms with Crippen molar-refractivity contribution < 1.29 is 14.6 Å². The molecule has 1 amide bonds. The van der Waals surface area contributed by atoms with E-state index in [1.54, 1.807) is 0 Å². The van der Waals surface area contributed by atoms with Gasteiger partial charge in [-0.3, -0.25) is 4.79 Å². The molecule has 96 valence electrons. The number of aliphatic hydroxyl groups excluding tert-OH is 1. The van der Waals surface area contributed by atoms with Gasteiger partial charge in [-0.05, 0) is 25.7 Å². The highest BCUT2D eigenvalue weighted by Gasteiger charge is 2.14. The number of rotatable bonds is 9.